The second kappa shape index (κ2) is 10.6. The summed E-state index contributed by atoms with van der Waals surface area (Å²) in [5, 5.41) is 5.29. The first-order valence-corrected chi connectivity index (χ1v) is 13.3. The monoisotopic (exact) mass is 444 g/mol. The van der Waals surface area contributed by atoms with E-state index in [0.717, 1.165) is 17.4 Å². The Kier molecular flexibility index (Phi) is 7.36. The van der Waals surface area contributed by atoms with E-state index in [1.165, 1.54) is 21.2 Å². The van der Waals surface area contributed by atoms with Crippen LogP contribution in [0.4, 0.5) is 0 Å². The zero-order chi connectivity index (χ0) is 21.5. The summed E-state index contributed by atoms with van der Waals surface area (Å²) in [6, 6.07) is 38.6. The summed E-state index contributed by atoms with van der Waals surface area (Å²) in [4.78, 5) is 0. The fourth-order valence-electron chi connectivity index (χ4n) is 3.66. The van der Waals surface area contributed by atoms with Crippen molar-refractivity contribution in [2.24, 2.45) is 0 Å². The topological polar surface area (TPSA) is 18.5 Å². The van der Waals surface area contributed by atoms with Gasteiger partial charge in [-0.25, -0.2) is 0 Å². The smallest absolute Gasteiger partial charge is 0.126 e. The average Bonchev–Trinajstić information content (AvgIpc) is 2.86. The van der Waals surface area contributed by atoms with Gasteiger partial charge in [-0.1, -0.05) is 97.1 Å². The minimum absolute atomic E-state index is 0.633. The summed E-state index contributed by atoms with van der Waals surface area (Å²) in [5.41, 5.74) is 0. The van der Waals surface area contributed by atoms with Gasteiger partial charge in [0.2, 0.25) is 0 Å². The molecule has 0 saturated carbocycles. The summed E-state index contributed by atoms with van der Waals surface area (Å²) in [7, 11) is 2.26. The van der Waals surface area contributed by atoms with E-state index in [4.69, 9.17) is 9.47 Å². The molecule has 2 nitrogen and oxygen atoms in total. The Labute approximate surface area is 187 Å². The number of ether oxygens (including phenoxy) is 2. The van der Waals surface area contributed by atoms with Crippen molar-refractivity contribution in [3.63, 3.8) is 0 Å². The molecule has 4 rings (SSSR count). The Hall–Kier alpha value is -2.66. The number of hydrogen-bond acceptors (Lipinski definition) is 2. The fourth-order valence-corrected chi connectivity index (χ4v) is 10.3. The molecule has 0 aromatic heterocycles. The Morgan fingerprint density at radius 2 is 0.839 bits per heavy atom. The maximum absolute atomic E-state index is 5.78. The van der Waals surface area contributed by atoms with Crippen LogP contribution in [-0.2, 0) is 0 Å². The van der Waals surface area contributed by atoms with Crippen LogP contribution in [0.2, 0.25) is 0 Å². The van der Waals surface area contributed by atoms with Crippen LogP contribution in [0.1, 0.15) is 0 Å². The van der Waals surface area contributed by atoms with Gasteiger partial charge in [-0.2, -0.15) is 0 Å². The van der Waals surface area contributed by atoms with E-state index < -0.39 is 15.8 Å². The molecule has 2 atom stereocenters. The maximum atomic E-state index is 5.78. The highest BCUT2D eigenvalue weighted by Gasteiger charge is 2.26. The van der Waals surface area contributed by atoms with Crippen LogP contribution in [0.15, 0.2) is 109 Å². The molecule has 0 radical (unpaired) electrons. The number of methoxy groups -OCH3 is 2. The second-order valence-electron chi connectivity index (χ2n) is 7.01. The van der Waals surface area contributed by atoms with E-state index in [-0.39, 0.29) is 0 Å². The summed E-state index contributed by atoms with van der Waals surface area (Å²) in [6.07, 6.45) is 0. The Morgan fingerprint density at radius 3 is 1.23 bits per heavy atom. The summed E-state index contributed by atoms with van der Waals surface area (Å²) >= 11 is 0. The molecular weight excluding hydrogens is 418 g/mol. The largest absolute Gasteiger partial charge is 0.496 e. The van der Waals surface area contributed by atoms with Crippen LogP contribution < -0.4 is 30.7 Å². The Morgan fingerprint density at radius 1 is 0.484 bits per heavy atom. The van der Waals surface area contributed by atoms with Crippen molar-refractivity contribution in [1.29, 1.82) is 0 Å². The van der Waals surface area contributed by atoms with Crippen molar-refractivity contribution in [2.45, 2.75) is 0 Å². The highest BCUT2D eigenvalue weighted by Crippen LogP contribution is 2.51. The van der Waals surface area contributed by atoms with Crippen LogP contribution in [0.3, 0.4) is 0 Å². The van der Waals surface area contributed by atoms with E-state index >= 15 is 0 Å². The number of rotatable bonds is 8. The lowest BCUT2D eigenvalue weighted by Crippen LogP contribution is -2.21. The minimum atomic E-state index is -0.633. The zero-order valence-electron chi connectivity index (χ0n) is 17.8. The SMILES string of the molecule is COc1ccccc1P(CP(c1ccccc1)c1ccccc1OC)c1ccccc1. The lowest BCUT2D eigenvalue weighted by Gasteiger charge is -2.28. The zero-order valence-corrected chi connectivity index (χ0v) is 19.6. The molecule has 0 spiro atoms. The van der Waals surface area contributed by atoms with E-state index in [1.54, 1.807) is 14.2 Å². The van der Waals surface area contributed by atoms with Gasteiger partial charge in [0, 0.05) is 16.5 Å². The molecule has 156 valence electrons. The van der Waals surface area contributed by atoms with Gasteiger partial charge in [0.15, 0.2) is 0 Å². The molecule has 2 unspecified atom stereocenters. The summed E-state index contributed by atoms with van der Waals surface area (Å²) in [5.74, 6) is 2.94. The van der Waals surface area contributed by atoms with E-state index in [2.05, 4.69) is 97.1 Å². The first-order chi connectivity index (χ1) is 15.3. The molecule has 4 aromatic carbocycles. The molecule has 0 saturated heterocycles. The number of benzene rings is 4. The third kappa shape index (κ3) is 4.99. The van der Waals surface area contributed by atoms with Crippen LogP contribution in [0, 0.1) is 0 Å². The third-order valence-electron chi connectivity index (χ3n) is 5.17. The first-order valence-electron chi connectivity index (χ1n) is 10.2. The molecule has 4 heteroatoms. The highest BCUT2D eigenvalue weighted by molar-refractivity contribution is 7.88. The molecule has 0 bridgehead atoms. The summed E-state index contributed by atoms with van der Waals surface area (Å²) in [6.45, 7) is 0. The van der Waals surface area contributed by atoms with Crippen LogP contribution >= 0.6 is 15.8 Å². The summed E-state index contributed by atoms with van der Waals surface area (Å²) < 4.78 is 11.6. The molecule has 0 aliphatic rings. The molecule has 31 heavy (non-hydrogen) atoms. The van der Waals surface area contributed by atoms with Gasteiger partial charge in [-0.05, 0) is 38.6 Å². The minimum Gasteiger partial charge on any atom is -0.496 e. The fraction of sp³-hybridized carbons (Fsp3) is 0.111. The van der Waals surface area contributed by atoms with Crippen molar-refractivity contribution in [2.75, 3.05) is 20.1 Å². The van der Waals surface area contributed by atoms with Crippen LogP contribution in [0.25, 0.3) is 0 Å². The quantitative estimate of drug-likeness (QED) is 0.347. The van der Waals surface area contributed by atoms with Gasteiger partial charge < -0.3 is 9.47 Å². The van der Waals surface area contributed by atoms with Crippen LogP contribution in [-0.4, -0.2) is 20.1 Å². The Balaban J connectivity index is 1.85. The van der Waals surface area contributed by atoms with E-state index in [0.29, 0.717) is 0 Å². The molecular formula is C27H26O2P2. The van der Waals surface area contributed by atoms with Gasteiger partial charge >= 0.3 is 0 Å². The standard InChI is InChI=1S/C27H26O2P2/c1-28-24-17-9-11-19-26(24)30(22-13-5-3-6-14-22)21-31(23-15-7-4-8-16-23)27-20-12-10-18-25(27)29-2/h3-20H,21H2,1-2H3. The van der Waals surface area contributed by atoms with Gasteiger partial charge in [0.1, 0.15) is 11.5 Å². The highest BCUT2D eigenvalue weighted by atomic mass is 31.2. The predicted octanol–water partition coefficient (Wildman–Crippen LogP) is 5.23. The van der Waals surface area contributed by atoms with Crippen molar-refractivity contribution in [1.82, 2.24) is 0 Å². The molecule has 0 fully saturated rings. The van der Waals surface area contributed by atoms with E-state index in [1.807, 2.05) is 12.1 Å². The number of hydrogen-bond donors (Lipinski definition) is 0. The van der Waals surface area contributed by atoms with Crippen molar-refractivity contribution in [3.05, 3.63) is 109 Å². The third-order valence-corrected chi connectivity index (χ3v) is 11.2. The molecule has 4 aromatic rings. The normalized spacial score (nSPS) is 12.7. The van der Waals surface area contributed by atoms with Gasteiger partial charge in [-0.3, -0.25) is 0 Å². The molecule has 0 heterocycles. The van der Waals surface area contributed by atoms with E-state index in [9.17, 15) is 0 Å². The van der Waals surface area contributed by atoms with Crippen molar-refractivity contribution < 1.29 is 9.47 Å². The van der Waals surface area contributed by atoms with Gasteiger partial charge in [-0.15, -0.1) is 0 Å². The van der Waals surface area contributed by atoms with Crippen LogP contribution in [0.5, 0.6) is 11.5 Å². The molecule has 0 N–H and O–H groups in total. The van der Waals surface area contributed by atoms with Crippen molar-refractivity contribution in [3.8, 4) is 11.5 Å². The molecule has 0 amide bonds. The van der Waals surface area contributed by atoms with Gasteiger partial charge in [0.25, 0.3) is 0 Å². The second-order valence-corrected chi connectivity index (χ2v) is 11.9. The maximum Gasteiger partial charge on any atom is 0.126 e. The van der Waals surface area contributed by atoms with Gasteiger partial charge in [0.05, 0.1) is 14.2 Å². The molecule has 0 aliphatic carbocycles. The average molecular weight is 444 g/mol. The number of para-hydroxylation sites is 2. The predicted molar refractivity (Wildman–Crippen MR) is 136 cm³/mol. The van der Waals surface area contributed by atoms with Crippen molar-refractivity contribution >= 4 is 37.1 Å². The lowest BCUT2D eigenvalue weighted by molar-refractivity contribution is 0.418. The Bertz CT molecular complexity index is 1010. The molecule has 0 aliphatic heterocycles. The first kappa shape index (κ1) is 21.6. The lowest BCUT2D eigenvalue weighted by atomic mass is 10.3.